The molecule has 0 spiro atoms. The van der Waals surface area contributed by atoms with Crippen molar-refractivity contribution < 1.29 is 5.11 Å². The highest BCUT2D eigenvalue weighted by molar-refractivity contribution is 6.29. The van der Waals surface area contributed by atoms with Crippen molar-refractivity contribution in [1.82, 2.24) is 9.88 Å². The molecule has 1 saturated heterocycles. The Morgan fingerprint density at radius 2 is 2.28 bits per heavy atom. The lowest BCUT2D eigenvalue weighted by Crippen LogP contribution is -2.39. The quantitative estimate of drug-likeness (QED) is 0.849. The highest BCUT2D eigenvalue weighted by Crippen LogP contribution is 2.25. The fourth-order valence-corrected chi connectivity index (χ4v) is 2.51. The van der Waals surface area contributed by atoms with Crippen LogP contribution in [-0.2, 0) is 6.54 Å². The van der Waals surface area contributed by atoms with E-state index < -0.39 is 0 Å². The molecule has 2 heterocycles. The molecule has 1 atom stereocenters. The summed E-state index contributed by atoms with van der Waals surface area (Å²) in [5.41, 5.74) is 2.06. The van der Waals surface area contributed by atoms with Gasteiger partial charge in [0.25, 0.3) is 0 Å². The van der Waals surface area contributed by atoms with Gasteiger partial charge in [0, 0.05) is 19.6 Å². The predicted octanol–water partition coefficient (Wildman–Crippen LogP) is 1.76. The average Bonchev–Trinajstić information content (AvgIpc) is 2.28. The van der Waals surface area contributed by atoms with Gasteiger partial charge in [0.15, 0.2) is 0 Å². The molecule has 1 aromatic rings. The maximum absolute atomic E-state index is 9.77. The number of rotatable bonds is 3. The largest absolute Gasteiger partial charge is 0.391 e. The zero-order valence-electron chi connectivity index (χ0n) is 10.9. The van der Waals surface area contributed by atoms with Crippen molar-refractivity contribution in [3.63, 3.8) is 0 Å². The molecular weight excluding hydrogens is 250 g/mol. The Morgan fingerprint density at radius 3 is 2.94 bits per heavy atom. The number of hydrogen-bond acceptors (Lipinski definition) is 4. The van der Waals surface area contributed by atoms with E-state index in [0.717, 1.165) is 37.3 Å². The SMILES string of the molecule is CN(C)Cc1nc(Cl)ccc1N1CCC[C@@H](O)C1. The number of nitrogens with zero attached hydrogens (tertiary/aromatic N) is 3. The number of aliphatic hydroxyl groups is 1. The van der Waals surface area contributed by atoms with Crippen LogP contribution < -0.4 is 4.90 Å². The van der Waals surface area contributed by atoms with Crippen molar-refractivity contribution in [3.05, 3.63) is 23.0 Å². The van der Waals surface area contributed by atoms with Crippen LogP contribution in [0.2, 0.25) is 5.15 Å². The first-order valence-electron chi connectivity index (χ1n) is 6.29. The molecule has 0 aromatic carbocycles. The number of piperidine rings is 1. The van der Waals surface area contributed by atoms with Crippen LogP contribution in [0, 0.1) is 0 Å². The summed E-state index contributed by atoms with van der Waals surface area (Å²) in [6.07, 6.45) is 1.67. The molecule has 0 saturated carbocycles. The van der Waals surface area contributed by atoms with Gasteiger partial charge in [-0.15, -0.1) is 0 Å². The third-order valence-electron chi connectivity index (χ3n) is 3.12. The van der Waals surface area contributed by atoms with Crippen LogP contribution >= 0.6 is 11.6 Å². The van der Waals surface area contributed by atoms with Crippen LogP contribution in [0.3, 0.4) is 0 Å². The molecule has 1 aliphatic heterocycles. The van der Waals surface area contributed by atoms with Gasteiger partial charge < -0.3 is 14.9 Å². The van der Waals surface area contributed by atoms with Crippen molar-refractivity contribution in [2.75, 3.05) is 32.1 Å². The number of pyridine rings is 1. The summed E-state index contributed by atoms with van der Waals surface area (Å²) in [5, 5.41) is 10.3. The summed E-state index contributed by atoms with van der Waals surface area (Å²) in [5.74, 6) is 0. The van der Waals surface area contributed by atoms with Gasteiger partial charge in [-0.05, 0) is 39.1 Å². The van der Waals surface area contributed by atoms with Crippen molar-refractivity contribution in [1.29, 1.82) is 0 Å². The summed E-state index contributed by atoms with van der Waals surface area (Å²) in [4.78, 5) is 8.69. The summed E-state index contributed by atoms with van der Waals surface area (Å²) < 4.78 is 0. The average molecular weight is 270 g/mol. The Bertz CT molecular complexity index is 411. The van der Waals surface area contributed by atoms with Gasteiger partial charge in [-0.2, -0.15) is 0 Å². The van der Waals surface area contributed by atoms with Gasteiger partial charge in [-0.25, -0.2) is 4.98 Å². The van der Waals surface area contributed by atoms with Crippen LogP contribution in [0.15, 0.2) is 12.1 Å². The van der Waals surface area contributed by atoms with Crippen LogP contribution in [-0.4, -0.2) is 48.3 Å². The van der Waals surface area contributed by atoms with E-state index in [1.54, 1.807) is 0 Å². The fourth-order valence-electron chi connectivity index (χ4n) is 2.34. The first-order chi connectivity index (χ1) is 8.56. The molecule has 100 valence electrons. The second kappa shape index (κ2) is 5.87. The van der Waals surface area contributed by atoms with E-state index in [1.165, 1.54) is 0 Å². The van der Waals surface area contributed by atoms with E-state index in [-0.39, 0.29) is 6.10 Å². The Labute approximate surface area is 113 Å². The molecule has 1 aliphatic rings. The third kappa shape index (κ3) is 3.34. The Hall–Kier alpha value is -0.840. The van der Waals surface area contributed by atoms with Crippen LogP contribution in [0.1, 0.15) is 18.5 Å². The standard InChI is InChI=1S/C13H20ClN3O/c1-16(2)9-11-12(5-6-13(14)15-11)17-7-3-4-10(18)8-17/h5-6,10,18H,3-4,7-9H2,1-2H3/t10-/m1/s1. The molecule has 5 heteroatoms. The number of hydrogen-bond donors (Lipinski definition) is 1. The highest BCUT2D eigenvalue weighted by atomic mass is 35.5. The van der Waals surface area contributed by atoms with Crippen LogP contribution in [0.4, 0.5) is 5.69 Å². The minimum Gasteiger partial charge on any atom is -0.391 e. The minimum absolute atomic E-state index is 0.235. The van der Waals surface area contributed by atoms with Gasteiger partial charge in [0.1, 0.15) is 5.15 Å². The summed E-state index contributed by atoms with van der Waals surface area (Å²) in [7, 11) is 4.02. The van der Waals surface area contributed by atoms with Crippen LogP contribution in [0.25, 0.3) is 0 Å². The molecule has 0 bridgehead atoms. The van der Waals surface area contributed by atoms with Gasteiger partial charge in [-0.3, -0.25) is 0 Å². The first kappa shape index (κ1) is 13.6. The Balaban J connectivity index is 2.25. The smallest absolute Gasteiger partial charge is 0.129 e. The lowest BCUT2D eigenvalue weighted by molar-refractivity contribution is 0.154. The zero-order valence-corrected chi connectivity index (χ0v) is 11.7. The van der Waals surface area contributed by atoms with E-state index in [2.05, 4.69) is 14.8 Å². The fraction of sp³-hybridized carbons (Fsp3) is 0.615. The molecule has 1 aromatic heterocycles. The maximum Gasteiger partial charge on any atom is 0.129 e. The number of halogens is 1. The monoisotopic (exact) mass is 269 g/mol. The second-order valence-corrected chi connectivity index (χ2v) is 5.47. The molecular formula is C13H20ClN3O. The molecule has 0 radical (unpaired) electrons. The zero-order chi connectivity index (χ0) is 13.1. The Kier molecular flexibility index (Phi) is 4.43. The number of aromatic nitrogens is 1. The molecule has 0 unspecified atom stereocenters. The molecule has 18 heavy (non-hydrogen) atoms. The van der Waals surface area contributed by atoms with E-state index in [0.29, 0.717) is 11.7 Å². The second-order valence-electron chi connectivity index (χ2n) is 5.08. The van der Waals surface area contributed by atoms with Crippen molar-refractivity contribution >= 4 is 17.3 Å². The lowest BCUT2D eigenvalue weighted by atomic mass is 10.1. The van der Waals surface area contributed by atoms with Crippen molar-refractivity contribution in [3.8, 4) is 0 Å². The number of anilines is 1. The molecule has 1 N–H and O–H groups in total. The van der Waals surface area contributed by atoms with E-state index >= 15 is 0 Å². The van der Waals surface area contributed by atoms with Gasteiger partial charge >= 0.3 is 0 Å². The van der Waals surface area contributed by atoms with Gasteiger partial charge in [0.2, 0.25) is 0 Å². The Morgan fingerprint density at radius 1 is 1.50 bits per heavy atom. The summed E-state index contributed by atoms with van der Waals surface area (Å²) in [6.45, 7) is 2.41. The predicted molar refractivity (Wildman–Crippen MR) is 74.1 cm³/mol. The highest BCUT2D eigenvalue weighted by Gasteiger charge is 2.20. The molecule has 2 rings (SSSR count). The van der Waals surface area contributed by atoms with Crippen molar-refractivity contribution in [2.45, 2.75) is 25.5 Å². The summed E-state index contributed by atoms with van der Waals surface area (Å²) >= 11 is 5.97. The van der Waals surface area contributed by atoms with Crippen molar-refractivity contribution in [2.24, 2.45) is 0 Å². The van der Waals surface area contributed by atoms with Gasteiger partial charge in [-0.1, -0.05) is 11.6 Å². The molecule has 0 aliphatic carbocycles. The molecule has 0 amide bonds. The first-order valence-corrected chi connectivity index (χ1v) is 6.67. The normalized spacial score (nSPS) is 20.5. The van der Waals surface area contributed by atoms with Gasteiger partial charge in [0.05, 0.1) is 17.5 Å². The topological polar surface area (TPSA) is 39.6 Å². The molecule has 4 nitrogen and oxygen atoms in total. The number of β-amino-alcohol motifs (C(OH)–C–C–N with tert-alkyl or cyclic N) is 1. The summed E-state index contributed by atoms with van der Waals surface area (Å²) in [6, 6.07) is 3.82. The number of aliphatic hydroxyl groups excluding tert-OH is 1. The lowest BCUT2D eigenvalue weighted by Gasteiger charge is -2.33. The van der Waals surface area contributed by atoms with Crippen LogP contribution in [0.5, 0.6) is 0 Å². The van der Waals surface area contributed by atoms with E-state index in [1.807, 2.05) is 26.2 Å². The van der Waals surface area contributed by atoms with E-state index in [9.17, 15) is 5.11 Å². The van der Waals surface area contributed by atoms with E-state index in [4.69, 9.17) is 11.6 Å². The molecule has 1 fully saturated rings. The minimum atomic E-state index is -0.235. The maximum atomic E-state index is 9.77. The third-order valence-corrected chi connectivity index (χ3v) is 3.33.